The van der Waals surface area contributed by atoms with Crippen LogP contribution in [0.4, 0.5) is 17.1 Å². The van der Waals surface area contributed by atoms with Crippen molar-refractivity contribution in [3.05, 3.63) is 84.9 Å². The van der Waals surface area contributed by atoms with Gasteiger partial charge in [-0.3, -0.25) is 0 Å². The van der Waals surface area contributed by atoms with Crippen LogP contribution < -0.4 is 9.64 Å². The summed E-state index contributed by atoms with van der Waals surface area (Å²) in [5, 5.41) is 0. The summed E-state index contributed by atoms with van der Waals surface area (Å²) in [6, 6.07) is 29.1. The van der Waals surface area contributed by atoms with Crippen LogP contribution in [0, 0.1) is 12.3 Å². The summed E-state index contributed by atoms with van der Waals surface area (Å²) < 4.78 is 5.90. The highest BCUT2D eigenvalue weighted by Gasteiger charge is 2.11. The number of terminal acetylenes is 1. The standard InChI is InChI=1S/C26H27NO/c1-2-3-4-5-6-13-22-28-26-20-18-25(19-21-26)27(23-14-9-7-10-15-23)24-16-11-8-12-17-24/h1,7-12,14-21H,3-6,13,22H2. The molecule has 0 saturated heterocycles. The fourth-order valence-corrected chi connectivity index (χ4v) is 3.17. The highest BCUT2D eigenvalue weighted by molar-refractivity contribution is 5.76. The molecule has 0 aliphatic carbocycles. The molecule has 0 amide bonds. The Bertz CT molecular complexity index is 811. The lowest BCUT2D eigenvalue weighted by Gasteiger charge is -2.25. The van der Waals surface area contributed by atoms with E-state index in [1.165, 1.54) is 6.42 Å². The van der Waals surface area contributed by atoms with E-state index < -0.39 is 0 Å². The second-order valence-corrected chi connectivity index (χ2v) is 6.72. The van der Waals surface area contributed by atoms with Crippen LogP contribution >= 0.6 is 0 Å². The second kappa shape index (κ2) is 10.8. The van der Waals surface area contributed by atoms with Crippen molar-refractivity contribution in [2.24, 2.45) is 0 Å². The van der Waals surface area contributed by atoms with Gasteiger partial charge >= 0.3 is 0 Å². The van der Waals surface area contributed by atoms with Gasteiger partial charge in [0.15, 0.2) is 0 Å². The summed E-state index contributed by atoms with van der Waals surface area (Å²) in [5.41, 5.74) is 3.38. The maximum atomic E-state index is 5.90. The first-order chi connectivity index (χ1) is 13.9. The van der Waals surface area contributed by atoms with E-state index in [-0.39, 0.29) is 0 Å². The molecule has 142 valence electrons. The molecular formula is C26H27NO. The molecule has 0 saturated carbocycles. The number of unbranched alkanes of at least 4 members (excludes halogenated alkanes) is 4. The van der Waals surface area contributed by atoms with E-state index in [0.29, 0.717) is 0 Å². The molecule has 0 fully saturated rings. The summed E-state index contributed by atoms with van der Waals surface area (Å²) in [5.74, 6) is 3.60. The first-order valence-electron chi connectivity index (χ1n) is 9.95. The monoisotopic (exact) mass is 369 g/mol. The Morgan fingerprint density at radius 1 is 0.643 bits per heavy atom. The summed E-state index contributed by atoms with van der Waals surface area (Å²) in [6.07, 6.45) is 10.7. The fraction of sp³-hybridized carbons (Fsp3) is 0.231. The Balaban J connectivity index is 1.64. The third-order valence-electron chi connectivity index (χ3n) is 4.61. The summed E-state index contributed by atoms with van der Waals surface area (Å²) >= 11 is 0. The minimum Gasteiger partial charge on any atom is -0.494 e. The minimum atomic E-state index is 0.747. The lowest BCUT2D eigenvalue weighted by molar-refractivity contribution is 0.305. The SMILES string of the molecule is C#CCCCCCCOc1ccc(N(c2ccccc2)c2ccccc2)cc1. The van der Waals surface area contributed by atoms with Crippen molar-refractivity contribution in [1.29, 1.82) is 0 Å². The van der Waals surface area contributed by atoms with Crippen molar-refractivity contribution in [3.63, 3.8) is 0 Å². The molecule has 0 heterocycles. The molecule has 28 heavy (non-hydrogen) atoms. The van der Waals surface area contributed by atoms with Crippen molar-refractivity contribution < 1.29 is 4.74 Å². The van der Waals surface area contributed by atoms with Crippen LogP contribution in [0.2, 0.25) is 0 Å². The number of hydrogen-bond acceptors (Lipinski definition) is 2. The van der Waals surface area contributed by atoms with Gasteiger partial charge in [-0.15, -0.1) is 12.3 Å². The highest BCUT2D eigenvalue weighted by Crippen LogP contribution is 2.34. The zero-order chi connectivity index (χ0) is 19.4. The third-order valence-corrected chi connectivity index (χ3v) is 4.61. The van der Waals surface area contributed by atoms with Gasteiger partial charge in [0.05, 0.1) is 6.61 Å². The van der Waals surface area contributed by atoms with Crippen molar-refractivity contribution in [2.75, 3.05) is 11.5 Å². The summed E-state index contributed by atoms with van der Waals surface area (Å²) in [6.45, 7) is 0.747. The molecule has 0 atom stereocenters. The maximum absolute atomic E-state index is 5.90. The summed E-state index contributed by atoms with van der Waals surface area (Å²) in [4.78, 5) is 2.25. The third kappa shape index (κ3) is 5.66. The molecular weight excluding hydrogens is 342 g/mol. The number of anilines is 3. The highest BCUT2D eigenvalue weighted by atomic mass is 16.5. The van der Waals surface area contributed by atoms with E-state index in [2.05, 4.69) is 71.5 Å². The Hall–Kier alpha value is -3.18. The van der Waals surface area contributed by atoms with E-state index >= 15 is 0 Å². The van der Waals surface area contributed by atoms with Crippen LogP contribution in [0.25, 0.3) is 0 Å². The number of benzene rings is 3. The minimum absolute atomic E-state index is 0.747. The zero-order valence-corrected chi connectivity index (χ0v) is 16.3. The Morgan fingerprint density at radius 3 is 1.75 bits per heavy atom. The number of hydrogen-bond donors (Lipinski definition) is 0. The van der Waals surface area contributed by atoms with E-state index in [1.807, 2.05) is 24.3 Å². The first-order valence-corrected chi connectivity index (χ1v) is 9.95. The maximum Gasteiger partial charge on any atom is 0.119 e. The van der Waals surface area contributed by atoms with Gasteiger partial charge < -0.3 is 9.64 Å². The average Bonchev–Trinajstić information content (AvgIpc) is 2.76. The van der Waals surface area contributed by atoms with E-state index in [4.69, 9.17) is 11.2 Å². The van der Waals surface area contributed by atoms with Gasteiger partial charge in [-0.05, 0) is 61.4 Å². The smallest absolute Gasteiger partial charge is 0.119 e. The molecule has 3 aromatic rings. The molecule has 2 heteroatoms. The number of para-hydroxylation sites is 2. The molecule has 0 bridgehead atoms. The molecule has 0 radical (unpaired) electrons. The normalized spacial score (nSPS) is 10.2. The zero-order valence-electron chi connectivity index (χ0n) is 16.3. The van der Waals surface area contributed by atoms with Gasteiger partial charge in [0, 0.05) is 23.5 Å². The van der Waals surface area contributed by atoms with Gasteiger partial charge in [0.2, 0.25) is 0 Å². The van der Waals surface area contributed by atoms with Crippen molar-refractivity contribution in [3.8, 4) is 18.1 Å². The van der Waals surface area contributed by atoms with Gasteiger partial charge in [0.25, 0.3) is 0 Å². The van der Waals surface area contributed by atoms with Crippen molar-refractivity contribution in [2.45, 2.75) is 32.1 Å². The fourth-order valence-electron chi connectivity index (χ4n) is 3.17. The number of ether oxygens (including phenoxy) is 1. The predicted molar refractivity (Wildman–Crippen MR) is 119 cm³/mol. The van der Waals surface area contributed by atoms with Crippen LogP contribution in [0.15, 0.2) is 84.9 Å². The lowest BCUT2D eigenvalue weighted by atomic mass is 10.1. The van der Waals surface area contributed by atoms with Gasteiger partial charge in [-0.2, -0.15) is 0 Å². The largest absolute Gasteiger partial charge is 0.494 e. The van der Waals surface area contributed by atoms with Crippen LogP contribution in [0.5, 0.6) is 5.75 Å². The van der Waals surface area contributed by atoms with Crippen molar-refractivity contribution in [1.82, 2.24) is 0 Å². The van der Waals surface area contributed by atoms with E-state index in [0.717, 1.165) is 55.1 Å². The predicted octanol–water partition coefficient (Wildman–Crippen LogP) is 7.12. The Kier molecular flexibility index (Phi) is 7.58. The number of rotatable bonds is 10. The molecule has 3 aromatic carbocycles. The lowest BCUT2D eigenvalue weighted by Crippen LogP contribution is -2.09. The van der Waals surface area contributed by atoms with E-state index in [9.17, 15) is 0 Å². The van der Waals surface area contributed by atoms with Gasteiger partial charge in [-0.1, -0.05) is 49.2 Å². The van der Waals surface area contributed by atoms with Gasteiger partial charge in [0.1, 0.15) is 5.75 Å². The Morgan fingerprint density at radius 2 is 1.18 bits per heavy atom. The second-order valence-electron chi connectivity index (χ2n) is 6.72. The van der Waals surface area contributed by atoms with Crippen LogP contribution in [-0.2, 0) is 0 Å². The molecule has 3 rings (SSSR count). The quantitative estimate of drug-likeness (QED) is 0.279. The Labute approximate surface area is 168 Å². The topological polar surface area (TPSA) is 12.5 Å². The molecule has 0 aliphatic heterocycles. The molecule has 2 nitrogen and oxygen atoms in total. The van der Waals surface area contributed by atoms with Crippen molar-refractivity contribution >= 4 is 17.1 Å². The first kappa shape index (κ1) is 19.6. The molecule has 0 spiro atoms. The molecule has 0 aromatic heterocycles. The van der Waals surface area contributed by atoms with Crippen LogP contribution in [0.3, 0.4) is 0 Å². The molecule has 0 unspecified atom stereocenters. The van der Waals surface area contributed by atoms with E-state index in [1.54, 1.807) is 0 Å². The molecule has 0 aliphatic rings. The van der Waals surface area contributed by atoms with Crippen LogP contribution in [-0.4, -0.2) is 6.61 Å². The number of nitrogens with zero attached hydrogens (tertiary/aromatic N) is 1. The van der Waals surface area contributed by atoms with Gasteiger partial charge in [-0.25, -0.2) is 0 Å². The molecule has 0 N–H and O–H groups in total. The van der Waals surface area contributed by atoms with Crippen LogP contribution in [0.1, 0.15) is 32.1 Å². The average molecular weight is 370 g/mol. The summed E-state index contributed by atoms with van der Waals surface area (Å²) in [7, 11) is 0.